The van der Waals surface area contributed by atoms with Crippen molar-refractivity contribution < 1.29 is 23.8 Å². The standard InChI is InChI=1S/C30H28BrN3O5/c1-37-24-11-17(12-25(38-2)29(24)39-3)15-33-16-26(35)34-23(30(33)36)14-21-20-9-4-5-10-22(20)32-27(21)28(34)18-7-6-8-19(31)13-18/h4-13,23,28,32H,14-16H2,1-3H3/t23-,28-/m0/s1. The van der Waals surface area contributed by atoms with Gasteiger partial charge in [0.1, 0.15) is 12.6 Å². The molecule has 2 atom stereocenters. The monoisotopic (exact) mass is 589 g/mol. The van der Waals surface area contributed by atoms with E-state index in [4.69, 9.17) is 14.2 Å². The minimum Gasteiger partial charge on any atom is -0.493 e. The zero-order valence-electron chi connectivity index (χ0n) is 21.9. The maximum atomic E-state index is 14.1. The predicted octanol–water partition coefficient (Wildman–Crippen LogP) is 4.84. The van der Waals surface area contributed by atoms with Crippen LogP contribution in [0.3, 0.4) is 0 Å². The van der Waals surface area contributed by atoms with Gasteiger partial charge in [-0.25, -0.2) is 0 Å². The highest BCUT2D eigenvalue weighted by molar-refractivity contribution is 9.10. The first-order chi connectivity index (χ1) is 18.9. The van der Waals surface area contributed by atoms with Crippen molar-refractivity contribution in [3.8, 4) is 17.2 Å². The quantitative estimate of drug-likeness (QED) is 0.348. The number of aromatic amines is 1. The number of benzene rings is 3. The smallest absolute Gasteiger partial charge is 0.246 e. The molecule has 0 bridgehead atoms. The first-order valence-corrected chi connectivity index (χ1v) is 13.5. The van der Waals surface area contributed by atoms with Crippen LogP contribution in [0.2, 0.25) is 0 Å². The summed E-state index contributed by atoms with van der Waals surface area (Å²) in [5, 5.41) is 1.08. The van der Waals surface area contributed by atoms with Crippen LogP contribution in [0.1, 0.15) is 28.4 Å². The number of rotatable bonds is 6. The van der Waals surface area contributed by atoms with Gasteiger partial charge < -0.3 is 29.0 Å². The number of ether oxygens (including phenoxy) is 3. The Bertz CT molecular complexity index is 1570. The third kappa shape index (κ3) is 4.21. The van der Waals surface area contributed by atoms with Gasteiger partial charge in [-0.2, -0.15) is 0 Å². The topological polar surface area (TPSA) is 84.1 Å². The fourth-order valence-electron chi connectivity index (χ4n) is 5.93. The summed E-state index contributed by atoms with van der Waals surface area (Å²) in [6, 6.07) is 18.6. The number of hydrogen-bond acceptors (Lipinski definition) is 5. The van der Waals surface area contributed by atoms with E-state index < -0.39 is 12.1 Å². The lowest BCUT2D eigenvalue weighted by molar-refractivity contribution is -0.159. The van der Waals surface area contributed by atoms with Gasteiger partial charge in [-0.15, -0.1) is 0 Å². The summed E-state index contributed by atoms with van der Waals surface area (Å²) in [5.41, 5.74) is 4.77. The number of aromatic nitrogens is 1. The van der Waals surface area contributed by atoms with E-state index in [1.165, 1.54) is 0 Å². The third-order valence-corrected chi connectivity index (χ3v) is 8.10. The molecule has 4 aromatic rings. The molecule has 2 aliphatic heterocycles. The molecule has 1 fully saturated rings. The number of nitrogens with one attached hydrogen (secondary N) is 1. The summed E-state index contributed by atoms with van der Waals surface area (Å²) >= 11 is 3.58. The zero-order valence-corrected chi connectivity index (χ0v) is 23.4. The molecular weight excluding hydrogens is 562 g/mol. The molecular formula is C30H28BrN3O5. The zero-order chi connectivity index (χ0) is 27.3. The molecule has 6 rings (SSSR count). The first-order valence-electron chi connectivity index (χ1n) is 12.7. The SMILES string of the molecule is COc1cc(CN2CC(=O)N3[C@@H](c4cccc(Br)c4)c4[nH]c5ccccc5c4C[C@H]3C2=O)cc(OC)c1OC. The van der Waals surface area contributed by atoms with E-state index in [9.17, 15) is 9.59 Å². The van der Waals surface area contributed by atoms with Crippen LogP contribution >= 0.6 is 15.9 Å². The maximum absolute atomic E-state index is 14.1. The summed E-state index contributed by atoms with van der Waals surface area (Å²) in [7, 11) is 4.65. The van der Waals surface area contributed by atoms with E-state index in [2.05, 4.69) is 27.0 Å². The van der Waals surface area contributed by atoms with Crippen molar-refractivity contribution in [1.82, 2.24) is 14.8 Å². The molecule has 1 N–H and O–H groups in total. The molecule has 200 valence electrons. The lowest BCUT2D eigenvalue weighted by Crippen LogP contribution is -2.62. The normalized spacial score (nSPS) is 18.7. The molecule has 1 saturated heterocycles. The van der Waals surface area contributed by atoms with E-state index in [1.807, 2.05) is 54.6 Å². The fourth-order valence-corrected chi connectivity index (χ4v) is 6.34. The Balaban J connectivity index is 1.41. The van der Waals surface area contributed by atoms with Gasteiger partial charge in [-0.3, -0.25) is 9.59 Å². The number of hydrogen-bond donors (Lipinski definition) is 1. The van der Waals surface area contributed by atoms with Crippen molar-refractivity contribution in [3.63, 3.8) is 0 Å². The summed E-state index contributed by atoms with van der Waals surface area (Å²) in [4.78, 5) is 34.9. The molecule has 2 amide bonds. The van der Waals surface area contributed by atoms with E-state index in [1.54, 1.807) is 31.1 Å². The second-order valence-corrected chi connectivity index (χ2v) is 10.7. The van der Waals surface area contributed by atoms with Crippen molar-refractivity contribution in [1.29, 1.82) is 0 Å². The van der Waals surface area contributed by atoms with Gasteiger partial charge in [0.15, 0.2) is 11.5 Å². The van der Waals surface area contributed by atoms with Gasteiger partial charge in [0.05, 0.1) is 27.4 Å². The van der Waals surface area contributed by atoms with Gasteiger partial charge in [0.2, 0.25) is 17.6 Å². The third-order valence-electron chi connectivity index (χ3n) is 7.60. The van der Waals surface area contributed by atoms with E-state index in [0.717, 1.165) is 37.8 Å². The Morgan fingerprint density at radius 3 is 2.38 bits per heavy atom. The Morgan fingerprint density at radius 1 is 0.949 bits per heavy atom. The number of halogens is 1. The number of piperazine rings is 1. The number of methoxy groups -OCH3 is 3. The average molecular weight is 590 g/mol. The van der Waals surface area contributed by atoms with E-state index in [0.29, 0.717) is 23.7 Å². The summed E-state index contributed by atoms with van der Waals surface area (Å²) in [5.74, 6) is 1.30. The van der Waals surface area contributed by atoms with Gasteiger partial charge in [0, 0.05) is 34.0 Å². The molecule has 9 heteroatoms. The van der Waals surface area contributed by atoms with Gasteiger partial charge >= 0.3 is 0 Å². The number of amides is 2. The second-order valence-electron chi connectivity index (χ2n) is 9.77. The van der Waals surface area contributed by atoms with Crippen molar-refractivity contribution in [2.24, 2.45) is 0 Å². The van der Waals surface area contributed by atoms with Crippen molar-refractivity contribution in [2.45, 2.75) is 25.0 Å². The van der Waals surface area contributed by atoms with Crippen LogP contribution < -0.4 is 14.2 Å². The molecule has 1 aromatic heterocycles. The summed E-state index contributed by atoms with van der Waals surface area (Å²) in [6.07, 6.45) is 0.445. The lowest BCUT2D eigenvalue weighted by Gasteiger charge is -2.47. The first kappa shape index (κ1) is 25.3. The molecule has 0 aliphatic carbocycles. The van der Waals surface area contributed by atoms with Crippen molar-refractivity contribution in [2.75, 3.05) is 27.9 Å². The molecule has 3 heterocycles. The van der Waals surface area contributed by atoms with Crippen LogP contribution in [0.25, 0.3) is 10.9 Å². The molecule has 8 nitrogen and oxygen atoms in total. The van der Waals surface area contributed by atoms with Crippen LogP contribution in [0.5, 0.6) is 17.2 Å². The number of H-pyrrole nitrogens is 1. The predicted molar refractivity (Wildman–Crippen MR) is 150 cm³/mol. The highest BCUT2D eigenvalue weighted by Crippen LogP contribution is 2.43. The fraction of sp³-hybridized carbons (Fsp3) is 0.267. The van der Waals surface area contributed by atoms with E-state index >= 15 is 0 Å². The molecule has 2 aliphatic rings. The summed E-state index contributed by atoms with van der Waals surface area (Å²) in [6.45, 7) is 0.222. The maximum Gasteiger partial charge on any atom is 0.246 e. The average Bonchev–Trinajstić information content (AvgIpc) is 3.32. The van der Waals surface area contributed by atoms with Crippen molar-refractivity contribution >= 4 is 38.6 Å². The largest absolute Gasteiger partial charge is 0.493 e. The van der Waals surface area contributed by atoms with Crippen LogP contribution in [0.4, 0.5) is 0 Å². The minimum absolute atomic E-state index is 0.0218. The molecule has 39 heavy (non-hydrogen) atoms. The Morgan fingerprint density at radius 2 is 1.69 bits per heavy atom. The van der Waals surface area contributed by atoms with E-state index in [-0.39, 0.29) is 24.9 Å². The Labute approximate surface area is 234 Å². The number of para-hydroxylation sites is 1. The summed E-state index contributed by atoms with van der Waals surface area (Å²) < 4.78 is 17.3. The molecule has 0 radical (unpaired) electrons. The van der Waals surface area contributed by atoms with Crippen LogP contribution in [0.15, 0.2) is 65.1 Å². The van der Waals surface area contributed by atoms with Crippen molar-refractivity contribution in [3.05, 3.63) is 87.5 Å². The van der Waals surface area contributed by atoms with Crippen LogP contribution in [-0.2, 0) is 22.6 Å². The number of carbonyl (C=O) groups is 2. The molecule has 3 aromatic carbocycles. The molecule has 0 saturated carbocycles. The second kappa shape index (κ2) is 9.96. The highest BCUT2D eigenvalue weighted by Gasteiger charge is 2.48. The molecule has 0 spiro atoms. The molecule has 0 unspecified atom stereocenters. The van der Waals surface area contributed by atoms with Crippen LogP contribution in [0, 0.1) is 0 Å². The number of carbonyl (C=O) groups excluding carboxylic acids is 2. The van der Waals surface area contributed by atoms with Gasteiger partial charge in [0.25, 0.3) is 0 Å². The highest BCUT2D eigenvalue weighted by atomic mass is 79.9. The van der Waals surface area contributed by atoms with Gasteiger partial charge in [-0.1, -0.05) is 46.3 Å². The number of fused-ring (bicyclic) bond motifs is 4. The van der Waals surface area contributed by atoms with Gasteiger partial charge in [-0.05, 0) is 47.0 Å². The number of nitrogens with zero attached hydrogens (tertiary/aromatic N) is 2. The lowest BCUT2D eigenvalue weighted by atomic mass is 9.86. The Hall–Kier alpha value is -3.98. The minimum atomic E-state index is -0.621. The van der Waals surface area contributed by atoms with Crippen LogP contribution in [-0.4, -0.2) is 60.5 Å². The Kier molecular flexibility index (Phi) is 6.46.